The highest BCUT2D eigenvalue weighted by atomic mass is 15.2. The molecule has 1 aromatic rings. The predicted molar refractivity (Wildman–Crippen MR) is 81.9 cm³/mol. The summed E-state index contributed by atoms with van der Waals surface area (Å²) in [4.78, 5) is 10.9. The van der Waals surface area contributed by atoms with Crippen LogP contribution in [0.2, 0.25) is 0 Å². The lowest BCUT2D eigenvalue weighted by Crippen LogP contribution is -2.44. The number of rotatable bonds is 6. The summed E-state index contributed by atoms with van der Waals surface area (Å²) in [7, 11) is 6.07. The number of nitrogens with one attached hydrogen (secondary N) is 2. The van der Waals surface area contributed by atoms with E-state index >= 15 is 0 Å². The molecule has 0 fully saturated rings. The Balaban J connectivity index is 2.96. The lowest BCUT2D eigenvalue weighted by Gasteiger charge is -2.33. The van der Waals surface area contributed by atoms with Gasteiger partial charge in [0.15, 0.2) is 0 Å². The molecule has 0 bridgehead atoms. The Labute approximate surface area is 116 Å². The van der Waals surface area contributed by atoms with Crippen molar-refractivity contribution < 1.29 is 0 Å². The minimum atomic E-state index is 0.0685. The van der Waals surface area contributed by atoms with Crippen molar-refractivity contribution in [1.29, 1.82) is 0 Å². The van der Waals surface area contributed by atoms with Crippen molar-refractivity contribution in [2.75, 3.05) is 38.3 Å². The molecule has 1 heterocycles. The van der Waals surface area contributed by atoms with Gasteiger partial charge in [0.05, 0.1) is 0 Å². The van der Waals surface area contributed by atoms with Gasteiger partial charge in [-0.2, -0.15) is 0 Å². The molecule has 0 aromatic carbocycles. The Morgan fingerprint density at radius 1 is 1.21 bits per heavy atom. The van der Waals surface area contributed by atoms with Gasteiger partial charge in [-0.25, -0.2) is 9.97 Å². The van der Waals surface area contributed by atoms with Crippen molar-refractivity contribution in [3.8, 4) is 0 Å². The maximum Gasteiger partial charge on any atom is 0.135 e. The lowest BCUT2D eigenvalue weighted by molar-refractivity contribution is 0.210. The van der Waals surface area contributed by atoms with E-state index in [1.54, 1.807) is 6.33 Å². The molecule has 1 rings (SSSR count). The molecule has 0 atom stereocenters. The average molecular weight is 265 g/mol. The van der Waals surface area contributed by atoms with Gasteiger partial charge in [0.2, 0.25) is 0 Å². The summed E-state index contributed by atoms with van der Waals surface area (Å²) in [5, 5.41) is 6.59. The topological polar surface area (TPSA) is 53.1 Å². The van der Waals surface area contributed by atoms with E-state index < -0.39 is 0 Å². The molecule has 0 saturated heterocycles. The second kappa shape index (κ2) is 6.19. The van der Waals surface area contributed by atoms with Gasteiger partial charge in [-0.15, -0.1) is 0 Å². The molecule has 1 aromatic heterocycles. The van der Waals surface area contributed by atoms with Crippen LogP contribution in [0.3, 0.4) is 0 Å². The first-order valence-electron chi connectivity index (χ1n) is 6.73. The molecule has 0 radical (unpaired) electrons. The zero-order valence-corrected chi connectivity index (χ0v) is 13.2. The maximum absolute atomic E-state index is 4.39. The molecule has 0 saturated carbocycles. The second-order valence-corrected chi connectivity index (χ2v) is 5.95. The van der Waals surface area contributed by atoms with E-state index in [2.05, 4.69) is 67.3 Å². The molecule has 5 nitrogen and oxygen atoms in total. The molecular formula is C14H27N5. The lowest BCUT2D eigenvalue weighted by atomic mass is 10.0. The van der Waals surface area contributed by atoms with Crippen LogP contribution < -0.4 is 10.6 Å². The fourth-order valence-corrected chi connectivity index (χ4v) is 1.74. The third-order valence-electron chi connectivity index (χ3n) is 3.60. The van der Waals surface area contributed by atoms with Crippen molar-refractivity contribution in [3.05, 3.63) is 11.9 Å². The van der Waals surface area contributed by atoms with E-state index in [0.717, 1.165) is 23.7 Å². The molecule has 0 unspecified atom stereocenters. The van der Waals surface area contributed by atoms with Gasteiger partial charge in [-0.1, -0.05) is 13.8 Å². The van der Waals surface area contributed by atoms with Crippen molar-refractivity contribution >= 4 is 11.6 Å². The summed E-state index contributed by atoms with van der Waals surface area (Å²) in [6, 6.07) is 0. The van der Waals surface area contributed by atoms with Crippen LogP contribution in [0.15, 0.2) is 6.33 Å². The molecule has 0 amide bonds. The van der Waals surface area contributed by atoms with Crippen molar-refractivity contribution in [2.45, 2.75) is 39.2 Å². The summed E-state index contributed by atoms with van der Waals surface area (Å²) < 4.78 is 0. The van der Waals surface area contributed by atoms with Crippen molar-refractivity contribution in [3.63, 3.8) is 0 Å². The smallest absolute Gasteiger partial charge is 0.135 e. The average Bonchev–Trinajstić information content (AvgIpc) is 2.35. The summed E-state index contributed by atoms with van der Waals surface area (Å²) in [5.41, 5.74) is 1.21. The van der Waals surface area contributed by atoms with Crippen LogP contribution in [0.5, 0.6) is 0 Å². The van der Waals surface area contributed by atoms with Crippen LogP contribution >= 0.6 is 0 Å². The Morgan fingerprint density at radius 2 is 1.79 bits per heavy atom. The zero-order valence-electron chi connectivity index (χ0n) is 13.2. The largest absolute Gasteiger partial charge is 0.373 e. The Hall–Kier alpha value is -1.36. The van der Waals surface area contributed by atoms with Gasteiger partial charge in [0, 0.05) is 24.7 Å². The molecule has 0 spiro atoms. The van der Waals surface area contributed by atoms with Crippen LogP contribution in [0.25, 0.3) is 0 Å². The molecule has 108 valence electrons. The third kappa shape index (κ3) is 3.80. The quantitative estimate of drug-likeness (QED) is 0.827. The van der Waals surface area contributed by atoms with Crippen LogP contribution in [-0.4, -0.2) is 48.1 Å². The second-order valence-electron chi connectivity index (χ2n) is 5.95. The minimum Gasteiger partial charge on any atom is -0.373 e. The SMILES string of the molecule is CNc1ncnc(NCC(C)(C)N(C)C)c1C(C)C. The first-order valence-corrected chi connectivity index (χ1v) is 6.73. The monoisotopic (exact) mass is 265 g/mol. The summed E-state index contributed by atoms with van der Waals surface area (Å²) in [5.74, 6) is 2.19. The maximum atomic E-state index is 4.39. The number of nitrogens with zero attached hydrogens (tertiary/aromatic N) is 3. The normalized spacial score (nSPS) is 12.1. The predicted octanol–water partition coefficient (Wildman–Crippen LogP) is 2.39. The summed E-state index contributed by atoms with van der Waals surface area (Å²) in [6.07, 6.45) is 1.60. The summed E-state index contributed by atoms with van der Waals surface area (Å²) in [6.45, 7) is 9.55. The zero-order chi connectivity index (χ0) is 14.6. The Kier molecular flexibility index (Phi) is 5.11. The van der Waals surface area contributed by atoms with E-state index in [0.29, 0.717) is 5.92 Å². The van der Waals surface area contributed by atoms with Gasteiger partial charge < -0.3 is 15.5 Å². The molecule has 0 aliphatic rings. The number of aromatic nitrogens is 2. The van der Waals surface area contributed by atoms with E-state index in [9.17, 15) is 0 Å². The third-order valence-corrected chi connectivity index (χ3v) is 3.60. The molecule has 5 heteroatoms. The van der Waals surface area contributed by atoms with Crippen molar-refractivity contribution in [2.24, 2.45) is 0 Å². The highest BCUT2D eigenvalue weighted by Crippen LogP contribution is 2.28. The number of hydrogen-bond donors (Lipinski definition) is 2. The van der Waals surface area contributed by atoms with E-state index in [-0.39, 0.29) is 5.54 Å². The van der Waals surface area contributed by atoms with Gasteiger partial charge in [-0.3, -0.25) is 0 Å². The standard InChI is InChI=1S/C14H27N5/c1-10(2)11-12(15-5)17-9-18-13(11)16-8-14(3,4)19(6)7/h9-10H,8H2,1-7H3,(H2,15,16,17,18). The molecular weight excluding hydrogens is 238 g/mol. The first kappa shape index (κ1) is 15.7. The van der Waals surface area contributed by atoms with Crippen molar-refractivity contribution in [1.82, 2.24) is 14.9 Å². The summed E-state index contributed by atoms with van der Waals surface area (Å²) >= 11 is 0. The molecule has 19 heavy (non-hydrogen) atoms. The molecule has 2 N–H and O–H groups in total. The fraction of sp³-hybridized carbons (Fsp3) is 0.714. The highest BCUT2D eigenvalue weighted by Gasteiger charge is 2.22. The number of hydrogen-bond acceptors (Lipinski definition) is 5. The van der Waals surface area contributed by atoms with Crippen LogP contribution in [0, 0.1) is 0 Å². The van der Waals surface area contributed by atoms with E-state index in [4.69, 9.17) is 0 Å². The fourth-order valence-electron chi connectivity index (χ4n) is 1.74. The van der Waals surface area contributed by atoms with Gasteiger partial charge in [0.1, 0.15) is 18.0 Å². The highest BCUT2D eigenvalue weighted by molar-refractivity contribution is 5.58. The number of anilines is 2. The van der Waals surface area contributed by atoms with E-state index in [1.807, 2.05) is 7.05 Å². The molecule has 0 aliphatic carbocycles. The molecule has 0 aliphatic heterocycles. The first-order chi connectivity index (χ1) is 8.79. The Morgan fingerprint density at radius 3 is 2.26 bits per heavy atom. The van der Waals surface area contributed by atoms with Crippen LogP contribution in [0.4, 0.5) is 11.6 Å². The van der Waals surface area contributed by atoms with Crippen LogP contribution in [0.1, 0.15) is 39.2 Å². The minimum absolute atomic E-state index is 0.0685. The van der Waals surface area contributed by atoms with Gasteiger partial charge >= 0.3 is 0 Å². The Bertz CT molecular complexity index is 412. The number of likely N-dealkylation sites (N-methyl/N-ethyl adjacent to an activating group) is 1. The van der Waals surface area contributed by atoms with Gasteiger partial charge in [0.25, 0.3) is 0 Å². The van der Waals surface area contributed by atoms with Gasteiger partial charge in [-0.05, 0) is 33.9 Å². The van der Waals surface area contributed by atoms with Crippen LogP contribution in [-0.2, 0) is 0 Å². The van der Waals surface area contributed by atoms with E-state index in [1.165, 1.54) is 0 Å².